The maximum atomic E-state index is 6.33. The largest absolute Gasteiger partial charge is 0.459 e. The second-order valence-electron chi connectivity index (χ2n) is 7.69. The molecule has 3 heterocycles. The van der Waals surface area contributed by atoms with Crippen LogP contribution in [0.25, 0.3) is 11.3 Å². The predicted octanol–water partition coefficient (Wildman–Crippen LogP) is 4.92. The summed E-state index contributed by atoms with van der Waals surface area (Å²) in [4.78, 5) is 8.98. The lowest BCUT2D eigenvalue weighted by Crippen LogP contribution is -2.32. The lowest BCUT2D eigenvalue weighted by molar-refractivity contribution is 0.261. The molecule has 5 nitrogen and oxygen atoms in total. The van der Waals surface area contributed by atoms with Gasteiger partial charge in [-0.25, -0.2) is 0 Å². The second-order valence-corrected chi connectivity index (χ2v) is 8.51. The van der Waals surface area contributed by atoms with Gasteiger partial charge in [-0.1, -0.05) is 17.7 Å². The van der Waals surface area contributed by atoms with Crippen molar-refractivity contribution in [2.45, 2.75) is 18.5 Å². The van der Waals surface area contributed by atoms with E-state index in [1.165, 1.54) is 0 Å². The summed E-state index contributed by atoms with van der Waals surface area (Å²) in [5.74, 6) is 1.68. The van der Waals surface area contributed by atoms with Crippen LogP contribution < -0.4 is 5.32 Å². The molecule has 4 rings (SSSR count). The van der Waals surface area contributed by atoms with Crippen molar-refractivity contribution in [1.29, 1.82) is 0 Å². The highest BCUT2D eigenvalue weighted by Gasteiger charge is 2.41. The molecule has 1 aliphatic rings. The Labute approximate surface area is 187 Å². The number of rotatable bonds is 7. The van der Waals surface area contributed by atoms with Crippen molar-refractivity contribution in [3.63, 3.8) is 0 Å². The molecule has 2 atom stereocenters. The van der Waals surface area contributed by atoms with Gasteiger partial charge in [0.05, 0.1) is 11.7 Å². The third kappa shape index (κ3) is 4.51. The van der Waals surface area contributed by atoms with Gasteiger partial charge in [-0.15, -0.1) is 0 Å². The van der Waals surface area contributed by atoms with Crippen LogP contribution in [0.5, 0.6) is 0 Å². The number of hydrogen-bond acceptors (Lipinski definition) is 4. The van der Waals surface area contributed by atoms with Gasteiger partial charge >= 0.3 is 0 Å². The minimum absolute atomic E-state index is 0.0596. The molecule has 3 aromatic rings. The van der Waals surface area contributed by atoms with Crippen LogP contribution in [0, 0.1) is 0 Å². The highest BCUT2D eigenvalue weighted by molar-refractivity contribution is 7.80. The molecular weight excluding hydrogens is 416 g/mol. The number of nitrogens with one attached hydrogen (secondary N) is 1. The lowest BCUT2D eigenvalue weighted by Gasteiger charge is -2.26. The van der Waals surface area contributed by atoms with Crippen molar-refractivity contribution in [1.82, 2.24) is 20.1 Å². The molecule has 1 aliphatic heterocycles. The Bertz CT molecular complexity index is 990. The SMILES string of the molecule is CN(C)CCCN1C(=S)N[C@@H](c2ccccn2)[C@@H]1c1ccc(-c2ccc(Cl)cc2)o1. The quantitative estimate of drug-likeness (QED) is 0.526. The van der Waals surface area contributed by atoms with Crippen molar-refractivity contribution >= 4 is 28.9 Å². The summed E-state index contributed by atoms with van der Waals surface area (Å²) in [6, 6.07) is 17.5. The second kappa shape index (κ2) is 9.16. The van der Waals surface area contributed by atoms with Crippen molar-refractivity contribution in [2.24, 2.45) is 0 Å². The first-order valence-electron chi connectivity index (χ1n) is 10.0. The average Bonchev–Trinajstić information content (AvgIpc) is 3.34. The van der Waals surface area contributed by atoms with Gasteiger partial charge in [0.15, 0.2) is 5.11 Å². The predicted molar refractivity (Wildman–Crippen MR) is 124 cm³/mol. The van der Waals surface area contributed by atoms with E-state index in [2.05, 4.69) is 34.2 Å². The number of aromatic nitrogens is 1. The minimum Gasteiger partial charge on any atom is -0.459 e. The number of hydrogen-bond donors (Lipinski definition) is 1. The first-order chi connectivity index (χ1) is 14.5. The normalized spacial score (nSPS) is 18.8. The molecule has 156 valence electrons. The first-order valence-corrected chi connectivity index (χ1v) is 10.8. The van der Waals surface area contributed by atoms with E-state index in [1.807, 2.05) is 60.8 Å². The summed E-state index contributed by atoms with van der Waals surface area (Å²) < 4.78 is 6.33. The van der Waals surface area contributed by atoms with Crippen molar-refractivity contribution < 1.29 is 4.42 Å². The Balaban J connectivity index is 1.65. The van der Waals surface area contributed by atoms with E-state index >= 15 is 0 Å². The van der Waals surface area contributed by atoms with Gasteiger partial charge in [-0.2, -0.15) is 0 Å². The van der Waals surface area contributed by atoms with Crippen LogP contribution in [0.2, 0.25) is 5.02 Å². The van der Waals surface area contributed by atoms with E-state index in [9.17, 15) is 0 Å². The maximum Gasteiger partial charge on any atom is 0.170 e. The Morgan fingerprint density at radius 3 is 2.63 bits per heavy atom. The van der Waals surface area contributed by atoms with E-state index in [1.54, 1.807) is 0 Å². The summed E-state index contributed by atoms with van der Waals surface area (Å²) in [6.07, 6.45) is 2.82. The molecule has 0 aliphatic carbocycles. The van der Waals surface area contributed by atoms with Gasteiger partial charge in [0.1, 0.15) is 17.6 Å². The summed E-state index contributed by atoms with van der Waals surface area (Å²) in [5.41, 5.74) is 1.94. The molecular formula is C23H25ClN4OS. The molecule has 0 unspecified atom stereocenters. The lowest BCUT2D eigenvalue weighted by atomic mass is 10.0. The van der Waals surface area contributed by atoms with Crippen LogP contribution in [0.3, 0.4) is 0 Å². The molecule has 1 fully saturated rings. The molecule has 2 aromatic heterocycles. The molecule has 1 aromatic carbocycles. The zero-order chi connectivity index (χ0) is 21.1. The fraction of sp³-hybridized carbons (Fsp3) is 0.304. The van der Waals surface area contributed by atoms with Crippen molar-refractivity contribution in [3.8, 4) is 11.3 Å². The van der Waals surface area contributed by atoms with Crippen LogP contribution in [-0.4, -0.2) is 47.1 Å². The molecule has 0 bridgehead atoms. The molecule has 7 heteroatoms. The average molecular weight is 441 g/mol. The molecule has 0 saturated carbocycles. The first kappa shape index (κ1) is 20.8. The third-order valence-electron chi connectivity index (χ3n) is 5.25. The number of benzene rings is 1. The summed E-state index contributed by atoms with van der Waals surface area (Å²) in [6.45, 7) is 1.84. The van der Waals surface area contributed by atoms with E-state index in [4.69, 9.17) is 28.2 Å². The standard InChI is InChI=1S/C23H25ClN4OS/c1-27(2)14-5-15-28-22(21(26-23(28)30)18-6-3-4-13-25-18)20-12-11-19(29-20)16-7-9-17(24)10-8-16/h3-4,6-13,21-22H,5,14-15H2,1-2H3,(H,26,30)/t21-,22-/m0/s1. The van der Waals surface area contributed by atoms with Crippen molar-refractivity contribution in [3.05, 3.63) is 77.3 Å². The topological polar surface area (TPSA) is 44.5 Å². The highest BCUT2D eigenvalue weighted by Crippen LogP contribution is 2.40. The van der Waals surface area contributed by atoms with Crippen LogP contribution in [0.15, 0.2) is 65.2 Å². The number of furan rings is 1. The smallest absolute Gasteiger partial charge is 0.170 e. The van der Waals surface area contributed by atoms with Gasteiger partial charge in [0.2, 0.25) is 0 Å². The fourth-order valence-electron chi connectivity index (χ4n) is 3.79. The molecule has 1 N–H and O–H groups in total. The Morgan fingerprint density at radius 2 is 1.93 bits per heavy atom. The number of pyridine rings is 1. The summed E-state index contributed by atoms with van der Waals surface area (Å²) >= 11 is 11.7. The maximum absolute atomic E-state index is 6.33. The van der Waals surface area contributed by atoms with Crippen LogP contribution in [0.1, 0.15) is 30.0 Å². The van der Waals surface area contributed by atoms with Gasteiger partial charge in [0, 0.05) is 23.3 Å². The van der Waals surface area contributed by atoms with E-state index in [-0.39, 0.29) is 12.1 Å². The van der Waals surface area contributed by atoms with Gasteiger partial charge in [-0.3, -0.25) is 4.98 Å². The molecule has 0 amide bonds. The Morgan fingerprint density at radius 1 is 1.13 bits per heavy atom. The molecule has 1 saturated heterocycles. The van der Waals surface area contributed by atoms with Crippen molar-refractivity contribution in [2.75, 3.05) is 27.2 Å². The van der Waals surface area contributed by atoms with E-state index in [0.29, 0.717) is 5.02 Å². The molecule has 0 spiro atoms. The number of halogens is 1. The van der Waals surface area contributed by atoms with Crippen LogP contribution in [-0.2, 0) is 0 Å². The summed E-state index contributed by atoms with van der Waals surface area (Å²) in [5, 5.41) is 4.91. The van der Waals surface area contributed by atoms with E-state index < -0.39 is 0 Å². The fourth-order valence-corrected chi connectivity index (χ4v) is 4.25. The number of thiocarbonyl (C=S) groups is 1. The van der Waals surface area contributed by atoms with Gasteiger partial charge in [-0.05, 0) is 87.8 Å². The van der Waals surface area contributed by atoms with Gasteiger partial charge < -0.3 is 19.5 Å². The molecule has 0 radical (unpaired) electrons. The zero-order valence-corrected chi connectivity index (χ0v) is 18.7. The minimum atomic E-state index is -0.0673. The monoisotopic (exact) mass is 440 g/mol. The summed E-state index contributed by atoms with van der Waals surface area (Å²) in [7, 11) is 4.17. The molecule has 30 heavy (non-hydrogen) atoms. The van der Waals surface area contributed by atoms with Gasteiger partial charge in [0.25, 0.3) is 0 Å². The highest BCUT2D eigenvalue weighted by atomic mass is 35.5. The zero-order valence-electron chi connectivity index (χ0n) is 17.1. The third-order valence-corrected chi connectivity index (χ3v) is 5.85. The van der Waals surface area contributed by atoms with E-state index in [0.717, 1.165) is 47.4 Å². The Hall–Kier alpha value is -2.41. The van der Waals surface area contributed by atoms with Crippen LogP contribution in [0.4, 0.5) is 0 Å². The van der Waals surface area contributed by atoms with Crippen LogP contribution >= 0.6 is 23.8 Å². The Kier molecular flexibility index (Phi) is 6.37. The number of nitrogens with zero attached hydrogens (tertiary/aromatic N) is 3.